The van der Waals surface area contributed by atoms with Crippen LogP contribution in [0.15, 0.2) is 58.7 Å². The van der Waals surface area contributed by atoms with E-state index in [4.69, 9.17) is 32.9 Å². The summed E-state index contributed by atoms with van der Waals surface area (Å²) in [5, 5.41) is 7.09. The topological polar surface area (TPSA) is 76.5 Å². The fourth-order valence-electron chi connectivity index (χ4n) is 6.04. The standard InChI is InChI=1S/C33H34Cl2N4O3S/c1-4-42-24-11-12-27(35)30(14-24)39-29(13-19(2)3)25(32(40)38-16-22-9-10-23(17-38)36-22)15-26(33(39)41)31-37-28(18-43-31)20-5-7-21(34)8-6-20/h5-8,11-12,14-15,18-19,22-23,36H,4,9-10,13,16-17H2,1-3H3/t22-,23+. The number of pyridine rings is 1. The van der Waals surface area contributed by atoms with E-state index in [9.17, 15) is 9.59 Å². The van der Waals surface area contributed by atoms with Gasteiger partial charge >= 0.3 is 0 Å². The zero-order valence-corrected chi connectivity index (χ0v) is 26.7. The molecule has 224 valence electrons. The third-order valence-corrected chi connectivity index (χ3v) is 9.43. The highest BCUT2D eigenvalue weighted by atomic mass is 35.5. The molecule has 2 atom stereocenters. The molecule has 2 aliphatic rings. The summed E-state index contributed by atoms with van der Waals surface area (Å²) >= 11 is 14.3. The van der Waals surface area contributed by atoms with Crippen molar-refractivity contribution in [3.8, 4) is 33.3 Å². The minimum atomic E-state index is -0.278. The summed E-state index contributed by atoms with van der Waals surface area (Å²) in [5.74, 6) is 0.698. The molecular weight excluding hydrogens is 603 g/mol. The molecule has 4 aromatic rings. The van der Waals surface area contributed by atoms with Crippen molar-refractivity contribution in [2.75, 3.05) is 19.7 Å². The van der Waals surface area contributed by atoms with Crippen LogP contribution in [-0.2, 0) is 6.42 Å². The lowest BCUT2D eigenvalue weighted by Crippen LogP contribution is -2.53. The SMILES string of the molecule is CCOc1ccc(Cl)c(-n2c(CC(C)C)c(C(=O)N3C[C@H]4CC[C@@H](C3)N4)cc(-c3nc(-c4ccc(Cl)cc4)cs3)c2=O)c1. The van der Waals surface area contributed by atoms with E-state index >= 15 is 0 Å². The Morgan fingerprint density at radius 2 is 1.81 bits per heavy atom. The van der Waals surface area contributed by atoms with Gasteiger partial charge in [0.15, 0.2) is 0 Å². The molecule has 2 aromatic heterocycles. The Kier molecular flexibility index (Phi) is 8.65. The molecule has 0 aliphatic carbocycles. The average Bonchev–Trinajstić information content (AvgIpc) is 3.60. The molecule has 0 spiro atoms. The zero-order chi connectivity index (χ0) is 30.2. The molecule has 2 aromatic carbocycles. The number of nitrogens with zero attached hydrogens (tertiary/aromatic N) is 3. The lowest BCUT2D eigenvalue weighted by Gasteiger charge is -2.34. The molecular formula is C33H34Cl2N4O3S. The highest BCUT2D eigenvalue weighted by Crippen LogP contribution is 2.33. The van der Waals surface area contributed by atoms with E-state index in [0.717, 1.165) is 24.1 Å². The summed E-state index contributed by atoms with van der Waals surface area (Å²) in [6.45, 7) is 7.83. The predicted octanol–water partition coefficient (Wildman–Crippen LogP) is 7.11. The van der Waals surface area contributed by atoms with Crippen LogP contribution in [0.2, 0.25) is 10.0 Å². The Labute approximate surface area is 265 Å². The first-order chi connectivity index (χ1) is 20.7. The largest absolute Gasteiger partial charge is 0.494 e. The third kappa shape index (κ3) is 6.11. The van der Waals surface area contributed by atoms with Crippen molar-refractivity contribution < 1.29 is 9.53 Å². The average molecular weight is 638 g/mol. The number of fused-ring (bicyclic) bond motifs is 2. The summed E-state index contributed by atoms with van der Waals surface area (Å²) < 4.78 is 7.41. The Morgan fingerprint density at radius 1 is 1.09 bits per heavy atom. The lowest BCUT2D eigenvalue weighted by atomic mass is 9.99. The van der Waals surface area contributed by atoms with E-state index in [1.807, 2.05) is 41.5 Å². The van der Waals surface area contributed by atoms with E-state index in [1.54, 1.807) is 28.8 Å². The molecule has 7 nitrogen and oxygen atoms in total. The van der Waals surface area contributed by atoms with Crippen LogP contribution in [0.4, 0.5) is 0 Å². The number of likely N-dealkylation sites (tertiary alicyclic amines) is 1. The second kappa shape index (κ2) is 12.4. The predicted molar refractivity (Wildman–Crippen MR) is 174 cm³/mol. The fraction of sp³-hybridized carbons (Fsp3) is 0.364. The van der Waals surface area contributed by atoms with Crippen LogP contribution >= 0.6 is 34.5 Å². The van der Waals surface area contributed by atoms with Gasteiger partial charge in [0.05, 0.1) is 34.1 Å². The number of nitrogens with one attached hydrogen (secondary N) is 1. The van der Waals surface area contributed by atoms with Gasteiger partial charge in [-0.1, -0.05) is 49.2 Å². The highest BCUT2D eigenvalue weighted by molar-refractivity contribution is 7.13. The first-order valence-corrected chi connectivity index (χ1v) is 16.3. The Hall–Kier alpha value is -3.17. The molecule has 2 aliphatic heterocycles. The van der Waals surface area contributed by atoms with Crippen molar-refractivity contribution in [2.45, 2.75) is 52.1 Å². The Morgan fingerprint density at radius 3 is 2.49 bits per heavy atom. The summed E-state index contributed by atoms with van der Waals surface area (Å²) in [5.41, 5.74) is 3.34. The number of rotatable bonds is 8. The van der Waals surface area contributed by atoms with Crippen LogP contribution < -0.4 is 15.6 Å². The van der Waals surface area contributed by atoms with Crippen molar-refractivity contribution in [1.82, 2.24) is 19.8 Å². The first-order valence-electron chi connectivity index (χ1n) is 14.7. The number of hydrogen-bond acceptors (Lipinski definition) is 6. The quantitative estimate of drug-likeness (QED) is 0.223. The third-order valence-electron chi connectivity index (χ3n) is 7.98. The number of carbonyl (C=O) groups is 1. The maximum atomic E-state index is 14.5. The number of benzene rings is 2. The minimum Gasteiger partial charge on any atom is -0.494 e. The van der Waals surface area contributed by atoms with Gasteiger partial charge in [0.2, 0.25) is 0 Å². The van der Waals surface area contributed by atoms with Crippen molar-refractivity contribution in [1.29, 1.82) is 0 Å². The second-order valence-corrected chi connectivity index (χ2v) is 13.3. The Bertz CT molecular complexity index is 1700. The van der Waals surface area contributed by atoms with Crippen LogP contribution in [0.5, 0.6) is 5.75 Å². The summed E-state index contributed by atoms with van der Waals surface area (Å²) in [6, 6.07) is 15.1. The van der Waals surface area contributed by atoms with Crippen molar-refractivity contribution >= 4 is 40.4 Å². The Balaban J connectivity index is 1.56. The van der Waals surface area contributed by atoms with Gasteiger partial charge in [0.25, 0.3) is 11.5 Å². The highest BCUT2D eigenvalue weighted by Gasteiger charge is 2.36. The van der Waals surface area contributed by atoms with Gasteiger partial charge < -0.3 is 15.0 Å². The van der Waals surface area contributed by atoms with Crippen molar-refractivity contribution in [3.63, 3.8) is 0 Å². The van der Waals surface area contributed by atoms with Gasteiger partial charge in [-0.25, -0.2) is 4.98 Å². The van der Waals surface area contributed by atoms with Gasteiger partial charge in [-0.05, 0) is 62.4 Å². The van der Waals surface area contributed by atoms with E-state index < -0.39 is 0 Å². The number of thiazole rings is 1. The first kappa shape index (κ1) is 29.9. The fourth-order valence-corrected chi connectivity index (χ4v) is 7.20. The number of ether oxygens (including phenoxy) is 1. The molecule has 1 amide bonds. The van der Waals surface area contributed by atoms with Gasteiger partial charge in [-0.15, -0.1) is 11.3 Å². The summed E-state index contributed by atoms with van der Waals surface area (Å²) in [6.07, 6.45) is 2.63. The molecule has 4 heterocycles. The zero-order valence-electron chi connectivity index (χ0n) is 24.4. The maximum absolute atomic E-state index is 14.5. The maximum Gasteiger partial charge on any atom is 0.265 e. The molecule has 0 saturated carbocycles. The smallest absolute Gasteiger partial charge is 0.265 e. The number of halogens is 2. The number of carbonyl (C=O) groups excluding carboxylic acids is 1. The van der Waals surface area contributed by atoms with Crippen LogP contribution in [0.1, 0.15) is 49.7 Å². The van der Waals surface area contributed by atoms with E-state index in [2.05, 4.69) is 19.2 Å². The normalized spacial score (nSPS) is 18.0. The number of aromatic nitrogens is 2. The van der Waals surface area contributed by atoms with Gasteiger partial charge in [-0.3, -0.25) is 14.2 Å². The van der Waals surface area contributed by atoms with E-state index in [0.29, 0.717) is 81.5 Å². The van der Waals surface area contributed by atoms with Gasteiger partial charge in [-0.2, -0.15) is 0 Å². The van der Waals surface area contributed by atoms with E-state index in [-0.39, 0.29) is 17.4 Å². The van der Waals surface area contributed by atoms with Crippen molar-refractivity contribution in [2.24, 2.45) is 5.92 Å². The van der Waals surface area contributed by atoms with Gasteiger partial charge in [0, 0.05) is 52.9 Å². The van der Waals surface area contributed by atoms with Gasteiger partial charge in [0.1, 0.15) is 10.8 Å². The molecule has 1 N–H and O–H groups in total. The molecule has 6 rings (SSSR count). The second-order valence-electron chi connectivity index (χ2n) is 11.6. The molecule has 2 bridgehead atoms. The van der Waals surface area contributed by atoms with E-state index in [1.165, 1.54) is 11.3 Å². The monoisotopic (exact) mass is 636 g/mol. The molecule has 0 radical (unpaired) electrons. The molecule has 43 heavy (non-hydrogen) atoms. The van der Waals surface area contributed by atoms with Crippen LogP contribution in [-0.4, -0.2) is 52.1 Å². The van der Waals surface area contributed by atoms with Crippen molar-refractivity contribution in [3.05, 3.63) is 85.6 Å². The molecule has 10 heteroatoms. The summed E-state index contributed by atoms with van der Waals surface area (Å²) in [7, 11) is 0. The van der Waals surface area contributed by atoms with Crippen LogP contribution in [0, 0.1) is 5.92 Å². The molecule has 2 saturated heterocycles. The number of hydrogen-bond donors (Lipinski definition) is 1. The molecule has 0 unspecified atom stereocenters. The summed E-state index contributed by atoms with van der Waals surface area (Å²) in [4.78, 5) is 35.7. The molecule has 2 fully saturated rings. The number of piperazine rings is 1. The lowest BCUT2D eigenvalue weighted by molar-refractivity contribution is 0.0695. The van der Waals surface area contributed by atoms with Crippen LogP contribution in [0.25, 0.3) is 27.5 Å². The minimum absolute atomic E-state index is 0.0735. The van der Waals surface area contributed by atoms with Crippen LogP contribution in [0.3, 0.4) is 0 Å². The number of amides is 1.